The van der Waals surface area contributed by atoms with Crippen LogP contribution in [0.25, 0.3) is 6.08 Å². The molecule has 1 fully saturated rings. The predicted octanol–water partition coefficient (Wildman–Crippen LogP) is 3.43. The van der Waals surface area contributed by atoms with E-state index >= 15 is 0 Å². The number of nitrogens with zero attached hydrogens (tertiary/aromatic N) is 1. The molecule has 0 spiro atoms. The Hall–Kier alpha value is -2.88. The molecule has 2 amide bonds. The van der Waals surface area contributed by atoms with Crippen molar-refractivity contribution in [2.45, 2.75) is 25.8 Å². The molecular formula is C22H24N2O2. The molecule has 4 heteroatoms. The van der Waals surface area contributed by atoms with Gasteiger partial charge in [0.05, 0.1) is 0 Å². The van der Waals surface area contributed by atoms with Crippen LogP contribution in [0.15, 0.2) is 60.7 Å². The summed E-state index contributed by atoms with van der Waals surface area (Å²) in [4.78, 5) is 26.5. The number of aryl methyl sites for hydroxylation is 1. The smallest absolute Gasteiger partial charge is 0.253 e. The zero-order valence-corrected chi connectivity index (χ0v) is 15.0. The Morgan fingerprint density at radius 1 is 1.04 bits per heavy atom. The van der Waals surface area contributed by atoms with Crippen LogP contribution in [-0.4, -0.2) is 35.8 Å². The van der Waals surface area contributed by atoms with Gasteiger partial charge in [0.25, 0.3) is 5.91 Å². The molecule has 0 saturated carbocycles. The monoisotopic (exact) mass is 348 g/mol. The zero-order chi connectivity index (χ0) is 18.4. The molecule has 0 radical (unpaired) electrons. The quantitative estimate of drug-likeness (QED) is 0.861. The van der Waals surface area contributed by atoms with Gasteiger partial charge in [-0.2, -0.15) is 0 Å². The van der Waals surface area contributed by atoms with E-state index < -0.39 is 0 Å². The molecule has 1 aliphatic rings. The summed E-state index contributed by atoms with van der Waals surface area (Å²) in [6, 6.07) is 17.5. The van der Waals surface area contributed by atoms with Crippen LogP contribution in [0.5, 0.6) is 0 Å². The molecule has 4 nitrogen and oxygen atoms in total. The van der Waals surface area contributed by atoms with Gasteiger partial charge in [-0.1, -0.05) is 48.0 Å². The van der Waals surface area contributed by atoms with Gasteiger partial charge in [0, 0.05) is 30.8 Å². The van der Waals surface area contributed by atoms with E-state index in [1.54, 1.807) is 6.08 Å². The summed E-state index contributed by atoms with van der Waals surface area (Å²) in [5.74, 6) is -0.0141. The molecule has 0 aliphatic carbocycles. The van der Waals surface area contributed by atoms with E-state index in [0.717, 1.165) is 29.5 Å². The number of nitrogens with one attached hydrogen (secondary N) is 1. The Balaban J connectivity index is 1.48. The van der Waals surface area contributed by atoms with Crippen molar-refractivity contribution in [1.82, 2.24) is 10.2 Å². The maximum Gasteiger partial charge on any atom is 0.253 e. The number of carbonyl (C=O) groups is 2. The lowest BCUT2D eigenvalue weighted by molar-refractivity contribution is -0.117. The third kappa shape index (κ3) is 4.82. The molecule has 3 rings (SSSR count). The first-order valence-corrected chi connectivity index (χ1v) is 9.01. The Labute approximate surface area is 154 Å². The third-order valence-corrected chi connectivity index (χ3v) is 4.62. The first-order chi connectivity index (χ1) is 12.6. The molecule has 0 atom stereocenters. The first kappa shape index (κ1) is 17.9. The van der Waals surface area contributed by atoms with Crippen molar-refractivity contribution >= 4 is 17.9 Å². The topological polar surface area (TPSA) is 49.4 Å². The molecule has 0 aromatic heterocycles. The minimum Gasteiger partial charge on any atom is -0.350 e. The second kappa shape index (κ2) is 8.48. The van der Waals surface area contributed by atoms with Gasteiger partial charge in [-0.15, -0.1) is 0 Å². The van der Waals surface area contributed by atoms with Gasteiger partial charge in [0.2, 0.25) is 5.91 Å². The van der Waals surface area contributed by atoms with E-state index in [0.29, 0.717) is 13.1 Å². The highest BCUT2D eigenvalue weighted by Gasteiger charge is 2.24. The van der Waals surface area contributed by atoms with Crippen LogP contribution in [0.3, 0.4) is 0 Å². The molecule has 1 N–H and O–H groups in total. The van der Waals surface area contributed by atoms with Crippen molar-refractivity contribution in [3.05, 3.63) is 77.4 Å². The Bertz CT molecular complexity index is 791. The van der Waals surface area contributed by atoms with Crippen molar-refractivity contribution in [3.63, 3.8) is 0 Å². The fourth-order valence-corrected chi connectivity index (χ4v) is 3.17. The van der Waals surface area contributed by atoms with Gasteiger partial charge in [-0.25, -0.2) is 0 Å². The van der Waals surface area contributed by atoms with E-state index in [4.69, 9.17) is 0 Å². The number of hydrogen-bond donors (Lipinski definition) is 1. The number of carbonyl (C=O) groups excluding carboxylic acids is 2. The van der Waals surface area contributed by atoms with Gasteiger partial charge in [0.15, 0.2) is 0 Å². The Morgan fingerprint density at radius 2 is 1.77 bits per heavy atom. The summed E-state index contributed by atoms with van der Waals surface area (Å²) in [6.07, 6.45) is 4.94. The molecule has 26 heavy (non-hydrogen) atoms. The van der Waals surface area contributed by atoms with Crippen molar-refractivity contribution in [3.8, 4) is 0 Å². The average Bonchev–Trinajstić information content (AvgIpc) is 2.67. The highest BCUT2D eigenvalue weighted by molar-refractivity contribution is 5.94. The molecule has 1 aliphatic heterocycles. The molecule has 0 unspecified atom stereocenters. The van der Waals surface area contributed by atoms with Crippen LogP contribution < -0.4 is 5.32 Å². The van der Waals surface area contributed by atoms with Crippen molar-refractivity contribution < 1.29 is 9.59 Å². The SMILES string of the molecule is Cc1cccc(C(=O)N2CCC(NC(=O)/C=C/c3ccccc3)CC2)c1. The van der Waals surface area contributed by atoms with Gasteiger partial charge in [-0.3, -0.25) is 9.59 Å². The summed E-state index contributed by atoms with van der Waals surface area (Å²) >= 11 is 0. The lowest BCUT2D eigenvalue weighted by Crippen LogP contribution is -2.46. The summed E-state index contributed by atoms with van der Waals surface area (Å²) in [5.41, 5.74) is 2.82. The van der Waals surface area contributed by atoms with E-state index in [9.17, 15) is 9.59 Å². The van der Waals surface area contributed by atoms with Gasteiger partial charge >= 0.3 is 0 Å². The van der Waals surface area contributed by atoms with E-state index in [1.807, 2.05) is 72.5 Å². The molecule has 1 saturated heterocycles. The van der Waals surface area contributed by atoms with Crippen LogP contribution in [0.4, 0.5) is 0 Å². The largest absolute Gasteiger partial charge is 0.350 e. The van der Waals surface area contributed by atoms with Crippen molar-refractivity contribution in [1.29, 1.82) is 0 Å². The molecule has 134 valence electrons. The van der Waals surface area contributed by atoms with Gasteiger partial charge < -0.3 is 10.2 Å². The second-order valence-corrected chi connectivity index (χ2v) is 6.69. The van der Waals surface area contributed by atoms with E-state index in [-0.39, 0.29) is 17.9 Å². The normalized spacial score (nSPS) is 15.2. The van der Waals surface area contributed by atoms with Crippen LogP contribution >= 0.6 is 0 Å². The molecule has 2 aromatic carbocycles. The molecule has 2 aromatic rings. The molecular weight excluding hydrogens is 324 g/mol. The summed E-state index contributed by atoms with van der Waals surface area (Å²) in [7, 11) is 0. The maximum absolute atomic E-state index is 12.6. The summed E-state index contributed by atoms with van der Waals surface area (Å²) in [5, 5.41) is 3.03. The fourth-order valence-electron chi connectivity index (χ4n) is 3.17. The van der Waals surface area contributed by atoms with Crippen LogP contribution in [0.2, 0.25) is 0 Å². The van der Waals surface area contributed by atoms with E-state index in [2.05, 4.69) is 5.32 Å². The minimum absolute atomic E-state index is 0.0717. The fraction of sp³-hybridized carbons (Fsp3) is 0.273. The Morgan fingerprint density at radius 3 is 2.46 bits per heavy atom. The summed E-state index contributed by atoms with van der Waals surface area (Å²) in [6.45, 7) is 3.32. The van der Waals surface area contributed by atoms with Gasteiger partial charge in [0.1, 0.15) is 0 Å². The number of likely N-dealkylation sites (tertiary alicyclic amines) is 1. The standard InChI is InChI=1S/C22H24N2O2/c1-17-6-5-9-19(16-17)22(26)24-14-12-20(13-15-24)23-21(25)11-10-18-7-3-2-4-8-18/h2-11,16,20H,12-15H2,1H3,(H,23,25)/b11-10+. The van der Waals surface area contributed by atoms with Crippen LogP contribution in [0, 0.1) is 6.92 Å². The lowest BCUT2D eigenvalue weighted by Gasteiger charge is -2.32. The molecule has 0 bridgehead atoms. The Kier molecular flexibility index (Phi) is 5.84. The first-order valence-electron chi connectivity index (χ1n) is 9.01. The third-order valence-electron chi connectivity index (χ3n) is 4.62. The number of hydrogen-bond acceptors (Lipinski definition) is 2. The number of rotatable bonds is 4. The molecule has 1 heterocycles. The minimum atomic E-state index is -0.0858. The second-order valence-electron chi connectivity index (χ2n) is 6.69. The van der Waals surface area contributed by atoms with E-state index in [1.165, 1.54) is 0 Å². The van der Waals surface area contributed by atoms with Crippen molar-refractivity contribution in [2.75, 3.05) is 13.1 Å². The number of amides is 2. The average molecular weight is 348 g/mol. The predicted molar refractivity (Wildman–Crippen MR) is 104 cm³/mol. The van der Waals surface area contributed by atoms with Crippen LogP contribution in [0.1, 0.15) is 34.3 Å². The number of benzene rings is 2. The van der Waals surface area contributed by atoms with Crippen LogP contribution in [-0.2, 0) is 4.79 Å². The highest BCUT2D eigenvalue weighted by atomic mass is 16.2. The summed E-state index contributed by atoms with van der Waals surface area (Å²) < 4.78 is 0. The maximum atomic E-state index is 12.6. The number of piperidine rings is 1. The lowest BCUT2D eigenvalue weighted by atomic mass is 10.0. The van der Waals surface area contributed by atoms with Gasteiger partial charge in [-0.05, 0) is 43.5 Å². The zero-order valence-electron chi connectivity index (χ0n) is 15.0. The van der Waals surface area contributed by atoms with Crippen molar-refractivity contribution in [2.24, 2.45) is 0 Å². The highest BCUT2D eigenvalue weighted by Crippen LogP contribution is 2.15.